The van der Waals surface area contributed by atoms with Crippen LogP contribution in [0.4, 0.5) is 0 Å². The lowest BCUT2D eigenvalue weighted by Crippen LogP contribution is -2.44. The fourth-order valence-electron chi connectivity index (χ4n) is 3.67. The van der Waals surface area contributed by atoms with Gasteiger partial charge in [-0.2, -0.15) is 0 Å². The van der Waals surface area contributed by atoms with E-state index in [0.29, 0.717) is 0 Å². The normalized spacial score (nSPS) is 14.3. The van der Waals surface area contributed by atoms with Gasteiger partial charge >= 0.3 is 0 Å². The molecule has 0 N–H and O–H groups in total. The van der Waals surface area contributed by atoms with Gasteiger partial charge in [-0.05, 0) is 13.3 Å². The van der Waals surface area contributed by atoms with Crippen molar-refractivity contribution in [2.75, 3.05) is 7.05 Å². The summed E-state index contributed by atoms with van der Waals surface area (Å²) in [7, 11) is 1.87. The van der Waals surface area contributed by atoms with Gasteiger partial charge in [-0.25, -0.2) is 0 Å². The molecule has 0 aromatic heterocycles. The van der Waals surface area contributed by atoms with Crippen molar-refractivity contribution in [3.8, 4) is 0 Å². The van der Waals surface area contributed by atoms with Gasteiger partial charge in [0.05, 0.1) is 0 Å². The third kappa shape index (κ3) is 8.63. The SMILES string of the molecule is CCCCCCCCCCCCCCC(C)(c1ccccc1)[N+](C)(Cl)Cl. The van der Waals surface area contributed by atoms with Crippen LogP contribution in [-0.2, 0) is 5.54 Å². The highest BCUT2D eigenvalue weighted by Crippen LogP contribution is 2.42. The summed E-state index contributed by atoms with van der Waals surface area (Å²) in [6.07, 6.45) is 17.4. The number of halogens is 2. The molecule has 0 spiro atoms. The lowest BCUT2D eigenvalue weighted by atomic mass is 9.86. The van der Waals surface area contributed by atoms with E-state index in [1.54, 1.807) is 0 Å². The maximum atomic E-state index is 6.52. The number of nitrogens with zero attached hydrogens (tertiary/aromatic N) is 1. The zero-order valence-corrected chi connectivity index (χ0v) is 18.8. The summed E-state index contributed by atoms with van der Waals surface area (Å²) >= 11 is 13.0. The Balaban J connectivity index is 2.19. The second kappa shape index (κ2) is 13.0. The largest absolute Gasteiger partial charge is 0.187 e. The number of rotatable bonds is 15. The molecule has 0 amide bonds. The number of benzene rings is 1. The molecule has 0 aliphatic rings. The molecule has 0 heterocycles. The second-order valence-electron chi connectivity index (χ2n) is 8.07. The molecular weight excluding hydrogens is 361 g/mol. The van der Waals surface area contributed by atoms with Crippen LogP contribution >= 0.6 is 23.6 Å². The van der Waals surface area contributed by atoms with Gasteiger partial charge in [0, 0.05) is 12.0 Å². The average molecular weight is 401 g/mol. The van der Waals surface area contributed by atoms with E-state index in [2.05, 4.69) is 38.1 Å². The summed E-state index contributed by atoms with van der Waals surface area (Å²) in [6.45, 7) is 4.46. The third-order valence-corrected chi connectivity index (χ3v) is 6.53. The van der Waals surface area contributed by atoms with Gasteiger partial charge in [-0.1, -0.05) is 108 Å². The Morgan fingerprint density at radius 1 is 0.731 bits per heavy atom. The Labute approximate surface area is 172 Å². The quantitative estimate of drug-likeness (QED) is 0.203. The van der Waals surface area contributed by atoms with Crippen LogP contribution in [0.15, 0.2) is 30.3 Å². The van der Waals surface area contributed by atoms with Crippen LogP contribution in [0.25, 0.3) is 0 Å². The van der Waals surface area contributed by atoms with Crippen molar-refractivity contribution in [1.82, 2.24) is 0 Å². The predicted octanol–water partition coefficient (Wildman–Crippen LogP) is 8.75. The molecule has 1 nitrogen and oxygen atoms in total. The molecule has 0 radical (unpaired) electrons. The van der Waals surface area contributed by atoms with Crippen molar-refractivity contribution in [3.05, 3.63) is 35.9 Å². The van der Waals surface area contributed by atoms with Gasteiger partial charge in [0.25, 0.3) is 0 Å². The van der Waals surface area contributed by atoms with Crippen molar-refractivity contribution >= 4 is 23.6 Å². The molecule has 1 aromatic carbocycles. The number of hydrogen-bond donors (Lipinski definition) is 0. The zero-order valence-electron chi connectivity index (χ0n) is 17.3. The van der Waals surface area contributed by atoms with E-state index in [0.717, 1.165) is 6.42 Å². The molecule has 1 atom stereocenters. The van der Waals surface area contributed by atoms with Gasteiger partial charge in [0.15, 0.2) is 29.1 Å². The zero-order chi connectivity index (χ0) is 19.3. The van der Waals surface area contributed by atoms with Crippen molar-refractivity contribution < 1.29 is 3.52 Å². The van der Waals surface area contributed by atoms with Crippen molar-refractivity contribution in [3.63, 3.8) is 0 Å². The Kier molecular flexibility index (Phi) is 11.9. The molecule has 1 unspecified atom stereocenters. The van der Waals surface area contributed by atoms with Crippen LogP contribution in [0.2, 0.25) is 0 Å². The molecule has 0 fully saturated rings. The van der Waals surface area contributed by atoms with E-state index in [1.165, 1.54) is 82.6 Å². The molecule has 3 heteroatoms. The number of hydrogen-bond acceptors (Lipinski definition) is 0. The fourth-order valence-corrected chi connectivity index (χ4v) is 4.04. The molecule has 26 heavy (non-hydrogen) atoms. The van der Waals surface area contributed by atoms with Gasteiger partial charge in [-0.15, -0.1) is 3.52 Å². The maximum absolute atomic E-state index is 6.52. The summed E-state index contributed by atoms with van der Waals surface area (Å²) in [6, 6.07) is 10.5. The maximum Gasteiger partial charge on any atom is 0.187 e. The second-order valence-corrected chi connectivity index (χ2v) is 9.60. The summed E-state index contributed by atoms with van der Waals surface area (Å²) in [5.74, 6) is 0. The summed E-state index contributed by atoms with van der Waals surface area (Å²) < 4.78 is -0.0605. The van der Waals surface area contributed by atoms with Gasteiger partial charge in [-0.3, -0.25) is 0 Å². The highest BCUT2D eigenvalue weighted by atomic mass is 35.5. The minimum atomic E-state index is -0.261. The minimum absolute atomic E-state index is 0.0605. The van der Waals surface area contributed by atoms with Crippen molar-refractivity contribution in [2.24, 2.45) is 0 Å². The molecule has 150 valence electrons. The van der Waals surface area contributed by atoms with Gasteiger partial charge in [0.2, 0.25) is 0 Å². The van der Waals surface area contributed by atoms with E-state index in [-0.39, 0.29) is 9.06 Å². The van der Waals surface area contributed by atoms with E-state index in [4.69, 9.17) is 23.6 Å². The third-order valence-electron chi connectivity index (χ3n) is 5.78. The molecule has 0 saturated heterocycles. The minimum Gasteiger partial charge on any atom is -0.117 e. The van der Waals surface area contributed by atoms with Crippen LogP contribution in [0, 0.1) is 0 Å². The van der Waals surface area contributed by atoms with Crippen LogP contribution in [-0.4, -0.2) is 10.6 Å². The van der Waals surface area contributed by atoms with E-state index >= 15 is 0 Å². The first kappa shape index (κ1) is 23.8. The van der Waals surface area contributed by atoms with Crippen molar-refractivity contribution in [1.29, 1.82) is 0 Å². The first-order chi connectivity index (χ1) is 12.4. The smallest absolute Gasteiger partial charge is 0.117 e. The van der Waals surface area contributed by atoms with Gasteiger partial charge in [0.1, 0.15) is 7.05 Å². The predicted molar refractivity (Wildman–Crippen MR) is 117 cm³/mol. The van der Waals surface area contributed by atoms with Crippen molar-refractivity contribution in [2.45, 2.75) is 103 Å². The molecule has 1 rings (SSSR count). The Bertz CT molecular complexity index is 455. The van der Waals surface area contributed by atoms with Crippen LogP contribution in [0.5, 0.6) is 0 Å². The fraction of sp³-hybridized carbons (Fsp3) is 0.739. The van der Waals surface area contributed by atoms with Crippen LogP contribution in [0.3, 0.4) is 0 Å². The first-order valence-corrected chi connectivity index (χ1v) is 11.4. The van der Waals surface area contributed by atoms with Crippen LogP contribution in [0.1, 0.15) is 103 Å². The highest BCUT2D eigenvalue weighted by molar-refractivity contribution is 6.23. The highest BCUT2D eigenvalue weighted by Gasteiger charge is 2.45. The first-order valence-electron chi connectivity index (χ1n) is 10.7. The van der Waals surface area contributed by atoms with Gasteiger partial charge < -0.3 is 0 Å². The molecule has 1 aromatic rings. The Morgan fingerprint density at radius 2 is 1.15 bits per heavy atom. The lowest BCUT2D eigenvalue weighted by molar-refractivity contribution is -0.743. The Morgan fingerprint density at radius 3 is 1.58 bits per heavy atom. The lowest BCUT2D eigenvalue weighted by Gasteiger charge is -2.36. The molecule has 0 aliphatic carbocycles. The topological polar surface area (TPSA) is 0 Å². The number of unbranched alkanes of at least 4 members (excludes halogenated alkanes) is 11. The molecule has 0 aliphatic heterocycles. The van der Waals surface area contributed by atoms with E-state index in [1.807, 2.05) is 13.1 Å². The van der Waals surface area contributed by atoms with E-state index < -0.39 is 0 Å². The molecule has 0 saturated carbocycles. The number of quaternary nitrogens is 1. The average Bonchev–Trinajstić information content (AvgIpc) is 2.62. The molecular formula is C23H40Cl2N+. The Hall–Kier alpha value is -0.240. The molecule has 0 bridgehead atoms. The summed E-state index contributed by atoms with van der Waals surface area (Å²) in [5, 5.41) is 0. The standard InChI is InChI=1S/C23H40Cl2N/c1-4-5-6-7-8-9-10-11-12-13-14-18-21-23(2,26(3,24)25)22-19-16-15-17-20-22/h15-17,19-20H,4-14,18,21H2,1-3H3/q+1. The monoisotopic (exact) mass is 400 g/mol. The van der Waals surface area contributed by atoms with E-state index in [9.17, 15) is 0 Å². The summed E-state index contributed by atoms with van der Waals surface area (Å²) in [5.41, 5.74) is 0.957. The summed E-state index contributed by atoms with van der Waals surface area (Å²) in [4.78, 5) is 0. The van der Waals surface area contributed by atoms with Crippen LogP contribution < -0.4 is 0 Å².